The van der Waals surface area contributed by atoms with Crippen molar-refractivity contribution >= 4 is 21.6 Å². The Labute approximate surface area is 136 Å². The first-order valence-corrected chi connectivity index (χ1v) is 8.57. The van der Waals surface area contributed by atoms with Gasteiger partial charge in [-0.1, -0.05) is 15.9 Å². The number of anilines is 1. The Hall–Kier alpha value is -0.580. The molecule has 21 heavy (non-hydrogen) atoms. The van der Waals surface area contributed by atoms with Gasteiger partial charge in [0, 0.05) is 41.9 Å². The minimum atomic E-state index is 0.106. The monoisotopic (exact) mass is 354 g/mol. The van der Waals surface area contributed by atoms with Crippen LogP contribution >= 0.6 is 15.9 Å². The maximum absolute atomic E-state index is 9.43. The van der Waals surface area contributed by atoms with Crippen LogP contribution in [0.4, 0.5) is 5.69 Å². The Morgan fingerprint density at radius 3 is 2.81 bits per heavy atom. The van der Waals surface area contributed by atoms with Gasteiger partial charge in [-0.3, -0.25) is 0 Å². The molecule has 0 saturated carbocycles. The van der Waals surface area contributed by atoms with Gasteiger partial charge in [0.25, 0.3) is 0 Å². The fourth-order valence-electron chi connectivity index (χ4n) is 2.80. The molecule has 0 aliphatic carbocycles. The second kappa shape index (κ2) is 7.12. The number of aliphatic hydroxyl groups is 1. The Bertz CT molecular complexity index is 470. The van der Waals surface area contributed by atoms with Gasteiger partial charge in [-0.05, 0) is 63.3 Å². The molecular formula is C17H27BrN2O. The summed E-state index contributed by atoms with van der Waals surface area (Å²) in [4.78, 5) is 2.43. The first-order valence-electron chi connectivity index (χ1n) is 7.78. The molecule has 0 radical (unpaired) electrons. The fourth-order valence-corrected chi connectivity index (χ4v) is 3.21. The average molecular weight is 355 g/mol. The van der Waals surface area contributed by atoms with Crippen molar-refractivity contribution in [2.45, 2.75) is 45.7 Å². The van der Waals surface area contributed by atoms with E-state index < -0.39 is 0 Å². The van der Waals surface area contributed by atoms with Crippen LogP contribution in [0.5, 0.6) is 0 Å². The number of hydrogen-bond donors (Lipinski definition) is 2. The molecule has 1 atom stereocenters. The Kier molecular flexibility index (Phi) is 5.69. The predicted octanol–water partition coefficient (Wildman–Crippen LogP) is 3.55. The van der Waals surface area contributed by atoms with E-state index in [1.807, 2.05) is 0 Å². The van der Waals surface area contributed by atoms with Crippen molar-refractivity contribution in [3.63, 3.8) is 0 Å². The van der Waals surface area contributed by atoms with E-state index in [0.717, 1.165) is 36.9 Å². The van der Waals surface area contributed by atoms with Crippen LogP contribution in [0, 0.1) is 5.92 Å². The number of hydrogen-bond acceptors (Lipinski definition) is 3. The van der Waals surface area contributed by atoms with E-state index in [9.17, 15) is 5.11 Å². The van der Waals surface area contributed by atoms with E-state index in [-0.39, 0.29) is 5.54 Å². The molecule has 1 aliphatic heterocycles. The summed E-state index contributed by atoms with van der Waals surface area (Å²) in [5.41, 5.74) is 2.72. The van der Waals surface area contributed by atoms with Crippen molar-refractivity contribution < 1.29 is 5.11 Å². The van der Waals surface area contributed by atoms with Gasteiger partial charge in [0.1, 0.15) is 0 Å². The molecule has 118 valence electrons. The summed E-state index contributed by atoms with van der Waals surface area (Å²) in [6.07, 6.45) is 2.30. The third kappa shape index (κ3) is 4.97. The zero-order chi connectivity index (χ0) is 15.5. The molecule has 1 aromatic carbocycles. The highest BCUT2D eigenvalue weighted by Crippen LogP contribution is 2.29. The smallest absolute Gasteiger partial charge is 0.0476 e. The zero-order valence-corrected chi connectivity index (χ0v) is 14.9. The fraction of sp³-hybridized carbons (Fsp3) is 0.647. The van der Waals surface area contributed by atoms with Crippen molar-refractivity contribution in [1.82, 2.24) is 5.32 Å². The van der Waals surface area contributed by atoms with Crippen LogP contribution in [0.1, 0.15) is 39.2 Å². The molecule has 1 saturated heterocycles. The molecule has 1 aromatic rings. The summed E-state index contributed by atoms with van der Waals surface area (Å²) in [5, 5.41) is 13.0. The maximum Gasteiger partial charge on any atom is 0.0476 e. The molecule has 1 heterocycles. The Morgan fingerprint density at radius 2 is 2.14 bits per heavy atom. The number of nitrogens with one attached hydrogen (secondary N) is 1. The molecule has 2 N–H and O–H groups in total. The van der Waals surface area contributed by atoms with E-state index >= 15 is 0 Å². The van der Waals surface area contributed by atoms with Crippen LogP contribution < -0.4 is 10.2 Å². The van der Waals surface area contributed by atoms with Crippen molar-refractivity contribution in [3.05, 3.63) is 28.2 Å². The highest BCUT2D eigenvalue weighted by Gasteiger charge is 2.21. The zero-order valence-electron chi connectivity index (χ0n) is 13.3. The third-order valence-electron chi connectivity index (χ3n) is 3.97. The van der Waals surface area contributed by atoms with Gasteiger partial charge < -0.3 is 15.3 Å². The molecule has 2 rings (SSSR count). The van der Waals surface area contributed by atoms with Gasteiger partial charge >= 0.3 is 0 Å². The van der Waals surface area contributed by atoms with Gasteiger partial charge in [0.05, 0.1) is 0 Å². The lowest BCUT2D eigenvalue weighted by Gasteiger charge is -2.35. The van der Waals surface area contributed by atoms with Gasteiger partial charge in [0.2, 0.25) is 0 Å². The number of benzene rings is 1. The topological polar surface area (TPSA) is 35.5 Å². The lowest BCUT2D eigenvalue weighted by atomic mass is 9.97. The third-order valence-corrected chi connectivity index (χ3v) is 4.46. The summed E-state index contributed by atoms with van der Waals surface area (Å²) >= 11 is 3.58. The van der Waals surface area contributed by atoms with Crippen molar-refractivity contribution in [2.24, 2.45) is 5.92 Å². The maximum atomic E-state index is 9.43. The van der Waals surface area contributed by atoms with Crippen LogP contribution in [-0.4, -0.2) is 30.3 Å². The standard InChI is InChI=1S/C17H27BrN2O/c1-17(2,3)19-10-14-9-15(18)6-7-16(14)20-8-4-5-13(11-20)12-21/h6-7,9,13,19,21H,4-5,8,10-12H2,1-3H3. The van der Waals surface area contributed by atoms with Gasteiger partial charge in [-0.25, -0.2) is 0 Å². The SMILES string of the molecule is CC(C)(C)NCc1cc(Br)ccc1N1CCCC(CO)C1. The average Bonchev–Trinajstić information content (AvgIpc) is 2.44. The Morgan fingerprint density at radius 1 is 1.38 bits per heavy atom. The quantitative estimate of drug-likeness (QED) is 0.867. The second-order valence-corrected chi connectivity index (χ2v) is 7.93. The first kappa shape index (κ1) is 16.8. The molecule has 0 bridgehead atoms. The highest BCUT2D eigenvalue weighted by atomic mass is 79.9. The van der Waals surface area contributed by atoms with E-state index in [1.54, 1.807) is 0 Å². The van der Waals surface area contributed by atoms with Gasteiger partial charge in [-0.15, -0.1) is 0 Å². The van der Waals surface area contributed by atoms with E-state index in [2.05, 4.69) is 65.1 Å². The number of aliphatic hydroxyl groups excluding tert-OH is 1. The molecular weight excluding hydrogens is 328 g/mol. The van der Waals surface area contributed by atoms with Crippen molar-refractivity contribution in [1.29, 1.82) is 0 Å². The molecule has 3 nitrogen and oxygen atoms in total. The molecule has 1 unspecified atom stereocenters. The second-order valence-electron chi connectivity index (χ2n) is 7.01. The predicted molar refractivity (Wildman–Crippen MR) is 92.8 cm³/mol. The minimum Gasteiger partial charge on any atom is -0.396 e. The number of nitrogens with zero attached hydrogens (tertiary/aromatic N) is 1. The van der Waals surface area contributed by atoms with Crippen LogP contribution in [0.15, 0.2) is 22.7 Å². The lowest BCUT2D eigenvalue weighted by Crippen LogP contribution is -2.39. The van der Waals surface area contributed by atoms with Gasteiger partial charge in [-0.2, -0.15) is 0 Å². The van der Waals surface area contributed by atoms with Crippen LogP contribution in [0.25, 0.3) is 0 Å². The molecule has 0 amide bonds. The first-order chi connectivity index (χ1) is 9.89. The summed E-state index contributed by atoms with van der Waals surface area (Å²) in [7, 11) is 0. The summed E-state index contributed by atoms with van der Waals surface area (Å²) in [5.74, 6) is 0.408. The number of rotatable bonds is 4. The molecule has 1 aliphatic rings. The van der Waals surface area contributed by atoms with E-state index in [1.165, 1.54) is 11.3 Å². The highest BCUT2D eigenvalue weighted by molar-refractivity contribution is 9.10. The molecule has 0 aromatic heterocycles. The van der Waals surface area contributed by atoms with E-state index in [4.69, 9.17) is 0 Å². The van der Waals surface area contributed by atoms with Crippen LogP contribution in [0.3, 0.4) is 0 Å². The minimum absolute atomic E-state index is 0.106. The Balaban J connectivity index is 2.17. The molecule has 1 fully saturated rings. The largest absolute Gasteiger partial charge is 0.396 e. The van der Waals surface area contributed by atoms with Crippen LogP contribution in [0.2, 0.25) is 0 Å². The number of halogens is 1. The van der Waals surface area contributed by atoms with Gasteiger partial charge in [0.15, 0.2) is 0 Å². The van der Waals surface area contributed by atoms with Crippen molar-refractivity contribution in [2.75, 3.05) is 24.6 Å². The normalized spacial score (nSPS) is 19.9. The summed E-state index contributed by atoms with van der Waals surface area (Å²) in [6.45, 7) is 9.76. The lowest BCUT2D eigenvalue weighted by molar-refractivity contribution is 0.208. The number of piperidine rings is 1. The van der Waals surface area contributed by atoms with E-state index in [0.29, 0.717) is 12.5 Å². The van der Waals surface area contributed by atoms with Crippen LogP contribution in [-0.2, 0) is 6.54 Å². The molecule has 4 heteroatoms. The summed E-state index contributed by atoms with van der Waals surface area (Å²) in [6, 6.07) is 6.51. The van der Waals surface area contributed by atoms with Crippen molar-refractivity contribution in [3.8, 4) is 0 Å². The molecule has 0 spiro atoms. The summed E-state index contributed by atoms with van der Waals surface area (Å²) < 4.78 is 1.12.